The Hall–Kier alpha value is -3.63. The molecule has 0 atom stereocenters. The summed E-state index contributed by atoms with van der Waals surface area (Å²) >= 11 is 0. The van der Waals surface area contributed by atoms with Gasteiger partial charge in [0.25, 0.3) is 11.5 Å². The molecule has 8 nitrogen and oxygen atoms in total. The summed E-state index contributed by atoms with van der Waals surface area (Å²) in [7, 11) is 0. The number of anilines is 1. The number of aromatic nitrogens is 3. The molecule has 0 aliphatic heterocycles. The number of hydrogen-bond acceptors (Lipinski definition) is 5. The SMILES string of the molecule is CCCn1c(=O)[nH]c(=O)c2cc(C(=O)Nc3ccccc3OCC(F)(F)F)cnc21. The van der Waals surface area contributed by atoms with Crippen molar-refractivity contribution >= 4 is 22.6 Å². The van der Waals surface area contributed by atoms with Crippen LogP contribution in [0.2, 0.25) is 0 Å². The molecule has 0 unspecified atom stereocenters. The Morgan fingerprint density at radius 2 is 2.00 bits per heavy atom. The third-order valence-electron chi connectivity index (χ3n) is 4.07. The van der Waals surface area contributed by atoms with Crippen molar-refractivity contribution in [3.63, 3.8) is 0 Å². The number of H-pyrrole nitrogens is 1. The van der Waals surface area contributed by atoms with Crippen LogP contribution in [0.3, 0.4) is 0 Å². The van der Waals surface area contributed by atoms with Crippen LogP contribution in [-0.2, 0) is 6.54 Å². The van der Waals surface area contributed by atoms with E-state index < -0.39 is 29.9 Å². The molecule has 0 aliphatic carbocycles. The fourth-order valence-electron chi connectivity index (χ4n) is 2.77. The van der Waals surface area contributed by atoms with Gasteiger partial charge in [-0.15, -0.1) is 0 Å². The van der Waals surface area contributed by atoms with E-state index >= 15 is 0 Å². The van der Waals surface area contributed by atoms with Crippen LogP contribution in [0.15, 0.2) is 46.1 Å². The lowest BCUT2D eigenvalue weighted by Gasteiger charge is -2.14. The highest BCUT2D eigenvalue weighted by atomic mass is 19.4. The van der Waals surface area contributed by atoms with Crippen LogP contribution in [0.5, 0.6) is 5.75 Å². The predicted octanol–water partition coefficient (Wildman–Crippen LogP) is 2.69. The van der Waals surface area contributed by atoms with Crippen molar-refractivity contribution < 1.29 is 22.7 Å². The number of ether oxygens (including phenoxy) is 1. The van der Waals surface area contributed by atoms with Crippen molar-refractivity contribution in [2.24, 2.45) is 0 Å². The number of rotatable bonds is 6. The number of aryl methyl sites for hydroxylation is 1. The van der Waals surface area contributed by atoms with Crippen molar-refractivity contribution in [2.75, 3.05) is 11.9 Å². The number of fused-ring (bicyclic) bond motifs is 1. The lowest BCUT2D eigenvalue weighted by molar-refractivity contribution is -0.153. The average Bonchev–Trinajstić information content (AvgIpc) is 2.69. The number of nitrogens with zero attached hydrogens (tertiary/aromatic N) is 2. The fourth-order valence-corrected chi connectivity index (χ4v) is 2.77. The molecule has 2 heterocycles. The quantitative estimate of drug-likeness (QED) is 0.635. The maximum Gasteiger partial charge on any atom is 0.422 e. The summed E-state index contributed by atoms with van der Waals surface area (Å²) in [4.78, 5) is 43.0. The number of benzene rings is 1. The molecular formula is C19H17F3N4O4. The molecular weight excluding hydrogens is 405 g/mol. The lowest BCUT2D eigenvalue weighted by Crippen LogP contribution is -2.31. The molecule has 1 amide bonds. The minimum absolute atomic E-state index is 0.0136. The Kier molecular flexibility index (Phi) is 5.90. The smallest absolute Gasteiger partial charge is 0.422 e. The summed E-state index contributed by atoms with van der Waals surface area (Å²) in [6.45, 7) is 0.666. The van der Waals surface area contributed by atoms with E-state index in [1.165, 1.54) is 41.1 Å². The zero-order chi connectivity index (χ0) is 21.9. The summed E-state index contributed by atoms with van der Waals surface area (Å²) in [5, 5.41) is 2.49. The van der Waals surface area contributed by atoms with Gasteiger partial charge in [0.1, 0.15) is 11.4 Å². The number of carbonyl (C=O) groups is 1. The second-order valence-corrected chi connectivity index (χ2v) is 6.36. The van der Waals surface area contributed by atoms with E-state index in [1.54, 1.807) is 0 Å². The highest BCUT2D eigenvalue weighted by molar-refractivity contribution is 6.06. The van der Waals surface area contributed by atoms with Gasteiger partial charge in [0.15, 0.2) is 6.61 Å². The first-order valence-electron chi connectivity index (χ1n) is 8.92. The summed E-state index contributed by atoms with van der Waals surface area (Å²) < 4.78 is 43.3. The number of aromatic amines is 1. The molecule has 2 N–H and O–H groups in total. The van der Waals surface area contributed by atoms with Gasteiger partial charge in [0.2, 0.25) is 0 Å². The topological polar surface area (TPSA) is 106 Å². The monoisotopic (exact) mass is 422 g/mol. The van der Waals surface area contributed by atoms with Gasteiger partial charge in [-0.1, -0.05) is 19.1 Å². The molecule has 3 rings (SSSR count). The van der Waals surface area contributed by atoms with Gasteiger partial charge in [-0.2, -0.15) is 13.2 Å². The molecule has 0 fully saturated rings. The number of nitrogens with one attached hydrogen (secondary N) is 2. The van der Waals surface area contributed by atoms with Gasteiger partial charge in [-0.05, 0) is 24.6 Å². The highest BCUT2D eigenvalue weighted by Crippen LogP contribution is 2.26. The molecule has 158 valence electrons. The van der Waals surface area contributed by atoms with Crippen molar-refractivity contribution in [3.05, 3.63) is 62.9 Å². The van der Waals surface area contributed by atoms with Gasteiger partial charge < -0.3 is 10.1 Å². The van der Waals surface area contributed by atoms with E-state index in [4.69, 9.17) is 4.74 Å². The molecule has 0 aliphatic rings. The third-order valence-corrected chi connectivity index (χ3v) is 4.07. The fraction of sp³-hybridized carbons (Fsp3) is 0.263. The van der Waals surface area contributed by atoms with Crippen LogP contribution in [0.4, 0.5) is 18.9 Å². The van der Waals surface area contributed by atoms with Crippen LogP contribution in [-0.4, -0.2) is 33.2 Å². The Morgan fingerprint density at radius 3 is 2.70 bits per heavy atom. The van der Waals surface area contributed by atoms with Gasteiger partial charge in [0.05, 0.1) is 16.6 Å². The second kappa shape index (κ2) is 8.39. The Morgan fingerprint density at radius 1 is 1.27 bits per heavy atom. The molecule has 11 heteroatoms. The first-order valence-corrected chi connectivity index (χ1v) is 8.92. The molecule has 0 radical (unpaired) electrons. The van der Waals surface area contributed by atoms with E-state index in [0.29, 0.717) is 13.0 Å². The van der Waals surface area contributed by atoms with Crippen molar-refractivity contribution in [1.29, 1.82) is 0 Å². The van der Waals surface area contributed by atoms with Crippen LogP contribution in [0.25, 0.3) is 11.0 Å². The van der Waals surface area contributed by atoms with Crippen LogP contribution < -0.4 is 21.3 Å². The largest absolute Gasteiger partial charge is 0.482 e. The number of halogens is 3. The minimum Gasteiger partial charge on any atom is -0.482 e. The second-order valence-electron chi connectivity index (χ2n) is 6.36. The normalized spacial score (nSPS) is 11.5. The minimum atomic E-state index is -4.53. The highest BCUT2D eigenvalue weighted by Gasteiger charge is 2.29. The molecule has 0 bridgehead atoms. The van der Waals surface area contributed by atoms with E-state index in [1.807, 2.05) is 6.92 Å². The maximum atomic E-state index is 12.6. The zero-order valence-electron chi connectivity index (χ0n) is 15.7. The predicted molar refractivity (Wildman–Crippen MR) is 103 cm³/mol. The van der Waals surface area contributed by atoms with Crippen molar-refractivity contribution in [1.82, 2.24) is 14.5 Å². The van der Waals surface area contributed by atoms with Crippen LogP contribution in [0, 0.1) is 0 Å². The summed E-state index contributed by atoms with van der Waals surface area (Å²) in [6.07, 6.45) is -2.73. The van der Waals surface area contributed by atoms with Gasteiger partial charge in [0, 0.05) is 12.7 Å². The summed E-state index contributed by atoms with van der Waals surface area (Å²) in [5.74, 6) is -0.869. The first kappa shape index (κ1) is 21.1. The lowest BCUT2D eigenvalue weighted by atomic mass is 10.2. The molecule has 0 spiro atoms. The Bertz CT molecular complexity index is 1200. The molecule has 1 aromatic carbocycles. The Labute approximate surface area is 167 Å². The number of para-hydroxylation sites is 2. The average molecular weight is 422 g/mol. The number of alkyl halides is 3. The maximum absolute atomic E-state index is 12.6. The van der Waals surface area contributed by atoms with E-state index in [9.17, 15) is 27.6 Å². The van der Waals surface area contributed by atoms with Crippen LogP contribution >= 0.6 is 0 Å². The molecule has 3 aromatic rings. The van der Waals surface area contributed by atoms with Crippen LogP contribution in [0.1, 0.15) is 23.7 Å². The number of amides is 1. The first-order chi connectivity index (χ1) is 14.2. The molecule has 0 saturated carbocycles. The third kappa shape index (κ3) is 4.67. The molecule has 30 heavy (non-hydrogen) atoms. The zero-order valence-corrected chi connectivity index (χ0v) is 15.7. The van der Waals surface area contributed by atoms with E-state index in [0.717, 1.165) is 0 Å². The summed E-state index contributed by atoms with van der Waals surface area (Å²) in [6, 6.07) is 6.91. The van der Waals surface area contributed by atoms with Gasteiger partial charge in [-0.25, -0.2) is 9.78 Å². The number of carbonyl (C=O) groups excluding carboxylic acids is 1. The number of pyridine rings is 1. The Balaban J connectivity index is 1.92. The summed E-state index contributed by atoms with van der Waals surface area (Å²) in [5.41, 5.74) is -1.15. The van der Waals surface area contributed by atoms with Crippen molar-refractivity contribution in [3.8, 4) is 5.75 Å². The van der Waals surface area contributed by atoms with Gasteiger partial charge in [-0.3, -0.25) is 19.1 Å². The van der Waals surface area contributed by atoms with E-state index in [-0.39, 0.29) is 28.0 Å². The molecule has 0 saturated heterocycles. The van der Waals surface area contributed by atoms with Gasteiger partial charge >= 0.3 is 11.9 Å². The number of hydrogen-bond donors (Lipinski definition) is 2. The molecule has 2 aromatic heterocycles. The van der Waals surface area contributed by atoms with Crippen molar-refractivity contribution in [2.45, 2.75) is 26.1 Å². The van der Waals surface area contributed by atoms with E-state index in [2.05, 4.69) is 15.3 Å². The standard InChI is InChI=1S/C19H17F3N4O4/c1-2-7-26-15-12(17(28)25-18(26)29)8-11(9-23-15)16(27)24-13-5-3-4-6-14(13)30-10-19(20,21)22/h3-6,8-9H,2,7,10H2,1H3,(H,24,27)(H,25,28,29).